The molecule has 0 aromatic heterocycles. The van der Waals surface area contributed by atoms with E-state index in [0.717, 1.165) is 12.8 Å². The molecule has 1 aliphatic rings. The van der Waals surface area contributed by atoms with Gasteiger partial charge in [0.25, 0.3) is 5.91 Å². The minimum absolute atomic E-state index is 0.0631. The molecule has 25 heavy (non-hydrogen) atoms. The van der Waals surface area contributed by atoms with Crippen molar-refractivity contribution in [1.82, 2.24) is 9.62 Å². The highest BCUT2D eigenvalue weighted by atomic mass is 32.2. The molecule has 1 saturated heterocycles. The van der Waals surface area contributed by atoms with Crippen LogP contribution in [0.1, 0.15) is 26.7 Å². The molecule has 1 N–H and O–H groups in total. The summed E-state index contributed by atoms with van der Waals surface area (Å²) in [5.74, 6) is -0.435. The van der Waals surface area contributed by atoms with Crippen molar-refractivity contribution in [2.24, 2.45) is 5.92 Å². The van der Waals surface area contributed by atoms with E-state index >= 15 is 0 Å². The molecule has 0 unspecified atom stereocenters. The molecule has 1 fully saturated rings. The van der Waals surface area contributed by atoms with Crippen LogP contribution in [0.15, 0.2) is 35.2 Å². The second kappa shape index (κ2) is 8.44. The summed E-state index contributed by atoms with van der Waals surface area (Å²) < 4.78 is 31.6. The Morgan fingerprint density at radius 3 is 2.44 bits per heavy atom. The first-order valence-corrected chi connectivity index (χ1v) is 9.79. The van der Waals surface area contributed by atoms with E-state index in [1.165, 1.54) is 19.1 Å². The van der Waals surface area contributed by atoms with Gasteiger partial charge in [-0.25, -0.2) is 8.42 Å². The molecule has 1 aromatic carbocycles. The molecule has 8 heteroatoms. The number of likely N-dealkylation sites (tertiary alicyclic amines) is 1. The van der Waals surface area contributed by atoms with Crippen molar-refractivity contribution in [3.63, 3.8) is 0 Å². The number of nitrogens with zero attached hydrogens (tertiary/aromatic N) is 1. The number of piperidine rings is 1. The topological polar surface area (TPSA) is 92.8 Å². The van der Waals surface area contributed by atoms with E-state index in [0.29, 0.717) is 19.0 Å². The van der Waals surface area contributed by atoms with Crippen molar-refractivity contribution in [1.29, 1.82) is 0 Å². The number of benzene rings is 1. The SMILES string of the molecule is CC1CCN(C(=O)COC(=O)[C@H](C)NS(=O)(=O)c2ccccc2)CC1. The third-order valence-corrected chi connectivity index (χ3v) is 5.77. The third-order valence-electron chi connectivity index (χ3n) is 4.21. The quantitative estimate of drug-likeness (QED) is 0.761. The van der Waals surface area contributed by atoms with Gasteiger partial charge in [0.05, 0.1) is 4.90 Å². The molecule has 1 atom stereocenters. The molecule has 2 rings (SSSR count). The number of amides is 1. The lowest BCUT2D eigenvalue weighted by Crippen LogP contribution is -2.43. The molecule has 1 heterocycles. The maximum atomic E-state index is 12.2. The molecule has 0 bridgehead atoms. The summed E-state index contributed by atoms with van der Waals surface area (Å²) in [5, 5.41) is 0. The van der Waals surface area contributed by atoms with E-state index in [-0.39, 0.29) is 17.4 Å². The van der Waals surface area contributed by atoms with Gasteiger partial charge < -0.3 is 9.64 Å². The molecular weight excluding hydrogens is 344 g/mol. The van der Waals surface area contributed by atoms with E-state index in [2.05, 4.69) is 11.6 Å². The van der Waals surface area contributed by atoms with Gasteiger partial charge in [-0.3, -0.25) is 9.59 Å². The average molecular weight is 368 g/mol. The number of carbonyl (C=O) groups excluding carboxylic acids is 2. The summed E-state index contributed by atoms with van der Waals surface area (Å²) >= 11 is 0. The van der Waals surface area contributed by atoms with Gasteiger partial charge in [0, 0.05) is 13.1 Å². The van der Waals surface area contributed by atoms with Crippen molar-refractivity contribution < 1.29 is 22.7 Å². The highest BCUT2D eigenvalue weighted by molar-refractivity contribution is 7.89. The normalized spacial score (nSPS) is 17.1. The first kappa shape index (κ1) is 19.4. The van der Waals surface area contributed by atoms with E-state index in [9.17, 15) is 18.0 Å². The van der Waals surface area contributed by atoms with Crippen molar-refractivity contribution in [3.05, 3.63) is 30.3 Å². The van der Waals surface area contributed by atoms with E-state index in [1.54, 1.807) is 23.1 Å². The standard InChI is InChI=1S/C17H24N2O5S/c1-13-8-10-19(11-9-13)16(20)12-24-17(21)14(2)18-25(22,23)15-6-4-3-5-7-15/h3-7,13-14,18H,8-12H2,1-2H3/t14-/m0/s1. The van der Waals surface area contributed by atoms with E-state index in [1.807, 2.05) is 0 Å². The summed E-state index contributed by atoms with van der Waals surface area (Å²) in [4.78, 5) is 25.8. The van der Waals surface area contributed by atoms with Crippen molar-refractivity contribution in [3.8, 4) is 0 Å². The Labute approximate surface area is 148 Å². The van der Waals surface area contributed by atoms with Gasteiger partial charge in [0.15, 0.2) is 6.61 Å². The molecule has 0 aliphatic carbocycles. The summed E-state index contributed by atoms with van der Waals surface area (Å²) in [7, 11) is -3.82. The molecule has 0 radical (unpaired) electrons. The fourth-order valence-corrected chi connectivity index (χ4v) is 3.77. The van der Waals surface area contributed by atoms with Crippen LogP contribution in [0.25, 0.3) is 0 Å². The Bertz CT molecular complexity index is 697. The predicted molar refractivity (Wildman–Crippen MR) is 92.2 cm³/mol. The largest absolute Gasteiger partial charge is 0.454 e. The number of carbonyl (C=O) groups is 2. The van der Waals surface area contributed by atoms with Gasteiger partial charge in [-0.2, -0.15) is 4.72 Å². The Morgan fingerprint density at radius 1 is 1.24 bits per heavy atom. The van der Waals surface area contributed by atoms with Gasteiger partial charge in [0.2, 0.25) is 10.0 Å². The van der Waals surface area contributed by atoms with E-state index < -0.39 is 22.0 Å². The van der Waals surface area contributed by atoms with Crippen molar-refractivity contribution >= 4 is 21.9 Å². The Morgan fingerprint density at radius 2 is 1.84 bits per heavy atom. The minimum Gasteiger partial charge on any atom is -0.454 e. The number of hydrogen-bond acceptors (Lipinski definition) is 5. The number of ether oxygens (including phenoxy) is 1. The number of rotatable bonds is 6. The fraction of sp³-hybridized carbons (Fsp3) is 0.529. The maximum Gasteiger partial charge on any atom is 0.324 e. The van der Waals surface area contributed by atoms with Gasteiger partial charge in [-0.05, 0) is 37.8 Å². The number of sulfonamides is 1. The zero-order chi connectivity index (χ0) is 18.4. The van der Waals surface area contributed by atoms with Gasteiger partial charge in [-0.1, -0.05) is 25.1 Å². The average Bonchev–Trinajstić information content (AvgIpc) is 2.60. The second-order valence-corrected chi connectivity index (χ2v) is 8.04. The third kappa shape index (κ3) is 5.54. The van der Waals surface area contributed by atoms with Gasteiger partial charge in [-0.15, -0.1) is 0 Å². The lowest BCUT2D eigenvalue weighted by Gasteiger charge is -2.30. The molecule has 1 aromatic rings. The summed E-state index contributed by atoms with van der Waals surface area (Å²) in [5.41, 5.74) is 0. The van der Waals surface area contributed by atoms with Crippen LogP contribution in [0.3, 0.4) is 0 Å². The molecule has 0 saturated carbocycles. The smallest absolute Gasteiger partial charge is 0.324 e. The van der Waals surface area contributed by atoms with Crippen LogP contribution in [-0.2, 0) is 24.3 Å². The number of hydrogen-bond donors (Lipinski definition) is 1. The van der Waals surface area contributed by atoms with Crippen LogP contribution in [0.5, 0.6) is 0 Å². The van der Waals surface area contributed by atoms with Crippen LogP contribution in [0.4, 0.5) is 0 Å². The summed E-state index contributed by atoms with van der Waals surface area (Å²) in [6, 6.07) is 6.66. The zero-order valence-corrected chi connectivity index (χ0v) is 15.3. The number of nitrogens with one attached hydrogen (secondary N) is 1. The second-order valence-electron chi connectivity index (χ2n) is 6.33. The Hall–Kier alpha value is -1.93. The molecule has 7 nitrogen and oxygen atoms in total. The number of esters is 1. The van der Waals surface area contributed by atoms with Crippen molar-refractivity contribution in [2.75, 3.05) is 19.7 Å². The summed E-state index contributed by atoms with van der Waals surface area (Å²) in [6.45, 7) is 4.48. The molecule has 0 spiro atoms. The monoisotopic (exact) mass is 368 g/mol. The van der Waals surface area contributed by atoms with Crippen LogP contribution in [0, 0.1) is 5.92 Å². The molecule has 1 aliphatic heterocycles. The lowest BCUT2D eigenvalue weighted by molar-refractivity contribution is -0.153. The van der Waals surface area contributed by atoms with Gasteiger partial charge in [0.1, 0.15) is 6.04 Å². The Kier molecular flexibility index (Phi) is 6.55. The first-order valence-electron chi connectivity index (χ1n) is 8.31. The minimum atomic E-state index is -3.82. The van der Waals surface area contributed by atoms with Crippen LogP contribution >= 0.6 is 0 Å². The highest BCUT2D eigenvalue weighted by Crippen LogP contribution is 2.16. The van der Waals surface area contributed by atoms with Crippen molar-refractivity contribution in [2.45, 2.75) is 37.6 Å². The zero-order valence-electron chi connectivity index (χ0n) is 14.5. The van der Waals surface area contributed by atoms with E-state index in [4.69, 9.17) is 4.74 Å². The molecule has 1 amide bonds. The van der Waals surface area contributed by atoms with Crippen LogP contribution in [0.2, 0.25) is 0 Å². The predicted octanol–water partition coefficient (Wildman–Crippen LogP) is 1.16. The molecular formula is C17H24N2O5S. The van der Waals surface area contributed by atoms with Gasteiger partial charge >= 0.3 is 5.97 Å². The first-order chi connectivity index (χ1) is 11.8. The lowest BCUT2D eigenvalue weighted by atomic mass is 9.99. The highest BCUT2D eigenvalue weighted by Gasteiger charge is 2.25. The fourth-order valence-electron chi connectivity index (χ4n) is 2.56. The Balaban J connectivity index is 1.83. The molecule has 138 valence electrons. The summed E-state index contributed by atoms with van der Waals surface area (Å²) in [6.07, 6.45) is 1.87. The van der Waals surface area contributed by atoms with Crippen LogP contribution < -0.4 is 4.72 Å². The maximum absolute atomic E-state index is 12.2. The van der Waals surface area contributed by atoms with Crippen LogP contribution in [-0.4, -0.2) is 50.9 Å².